The first-order chi connectivity index (χ1) is 11.7. The Morgan fingerprint density at radius 1 is 1.56 bits per heavy atom. The second kappa shape index (κ2) is 7.35. The average Bonchev–Trinajstić information content (AvgIpc) is 2.83. The number of aromatic nitrogens is 2. The standard InChI is InChI=1S/C14H10BrF2N5O3/c1-7-12(15)13(14(16)17)20-21(7)6-11(23)19-10-3-2-9(22(24)25)4-8(10)5-18/h2-4,14H,6H2,1H3,(H,19,23). The summed E-state index contributed by atoms with van der Waals surface area (Å²) in [5.74, 6) is -0.621. The van der Waals surface area contributed by atoms with E-state index in [9.17, 15) is 23.7 Å². The normalized spacial score (nSPS) is 10.6. The van der Waals surface area contributed by atoms with Crippen molar-refractivity contribution in [1.82, 2.24) is 9.78 Å². The van der Waals surface area contributed by atoms with Gasteiger partial charge in [-0.05, 0) is 28.9 Å². The number of amides is 1. The molecule has 0 radical (unpaired) electrons. The van der Waals surface area contributed by atoms with Gasteiger partial charge in [0, 0.05) is 12.1 Å². The van der Waals surface area contributed by atoms with Crippen molar-refractivity contribution in [3.05, 3.63) is 49.7 Å². The highest BCUT2D eigenvalue weighted by Crippen LogP contribution is 2.29. The van der Waals surface area contributed by atoms with E-state index in [0.717, 1.165) is 16.8 Å². The number of benzene rings is 1. The van der Waals surface area contributed by atoms with Crippen LogP contribution in [0.1, 0.15) is 23.4 Å². The van der Waals surface area contributed by atoms with Crippen LogP contribution in [0.2, 0.25) is 0 Å². The molecule has 0 aliphatic rings. The molecule has 2 rings (SSSR count). The predicted molar refractivity (Wildman–Crippen MR) is 86.1 cm³/mol. The van der Waals surface area contributed by atoms with E-state index in [2.05, 4.69) is 26.3 Å². The van der Waals surface area contributed by atoms with Crippen LogP contribution in [0.15, 0.2) is 22.7 Å². The zero-order valence-electron chi connectivity index (χ0n) is 12.7. The molecule has 0 atom stereocenters. The summed E-state index contributed by atoms with van der Waals surface area (Å²) in [6, 6.07) is 5.15. The van der Waals surface area contributed by atoms with Crippen LogP contribution in [-0.4, -0.2) is 20.6 Å². The fourth-order valence-corrected chi connectivity index (χ4v) is 2.47. The van der Waals surface area contributed by atoms with E-state index < -0.39 is 22.9 Å². The zero-order chi connectivity index (χ0) is 18.7. The number of nitro benzene ring substituents is 1. The molecule has 130 valence electrons. The molecule has 0 saturated heterocycles. The minimum Gasteiger partial charge on any atom is -0.323 e. The molecule has 2 aromatic rings. The lowest BCUT2D eigenvalue weighted by Crippen LogP contribution is -2.21. The first-order valence-corrected chi connectivity index (χ1v) is 7.53. The number of hydrogen-bond acceptors (Lipinski definition) is 5. The van der Waals surface area contributed by atoms with Crippen molar-refractivity contribution in [2.75, 3.05) is 5.32 Å². The number of carbonyl (C=O) groups excluding carboxylic acids is 1. The van der Waals surface area contributed by atoms with Crippen LogP contribution >= 0.6 is 15.9 Å². The molecule has 1 heterocycles. The maximum atomic E-state index is 12.8. The quantitative estimate of drug-likeness (QED) is 0.596. The van der Waals surface area contributed by atoms with Crippen LogP contribution in [0.3, 0.4) is 0 Å². The van der Waals surface area contributed by atoms with E-state index in [4.69, 9.17) is 5.26 Å². The summed E-state index contributed by atoms with van der Waals surface area (Å²) in [6.07, 6.45) is -2.79. The third kappa shape index (κ3) is 3.97. The van der Waals surface area contributed by atoms with Gasteiger partial charge in [-0.25, -0.2) is 8.78 Å². The van der Waals surface area contributed by atoms with E-state index in [0.29, 0.717) is 5.69 Å². The van der Waals surface area contributed by atoms with Gasteiger partial charge in [0.1, 0.15) is 18.3 Å². The molecule has 0 saturated carbocycles. The summed E-state index contributed by atoms with van der Waals surface area (Å²) < 4.78 is 26.8. The van der Waals surface area contributed by atoms with Crippen molar-refractivity contribution < 1.29 is 18.5 Å². The van der Waals surface area contributed by atoms with Crippen molar-refractivity contribution in [3.63, 3.8) is 0 Å². The number of nitro groups is 1. The van der Waals surface area contributed by atoms with Crippen LogP contribution in [0.5, 0.6) is 0 Å². The van der Waals surface area contributed by atoms with Gasteiger partial charge in [-0.15, -0.1) is 0 Å². The van der Waals surface area contributed by atoms with Gasteiger partial charge in [0.25, 0.3) is 12.1 Å². The van der Waals surface area contributed by atoms with Gasteiger partial charge >= 0.3 is 0 Å². The third-order valence-corrected chi connectivity index (χ3v) is 4.25. The number of non-ortho nitro benzene ring substituents is 1. The molecule has 1 aromatic carbocycles. The van der Waals surface area contributed by atoms with Gasteiger partial charge in [0.2, 0.25) is 5.91 Å². The molecule has 0 fully saturated rings. The molecular weight excluding hydrogens is 404 g/mol. The van der Waals surface area contributed by atoms with Crippen LogP contribution in [0.4, 0.5) is 20.2 Å². The lowest BCUT2D eigenvalue weighted by Gasteiger charge is -2.08. The monoisotopic (exact) mass is 413 g/mol. The van der Waals surface area contributed by atoms with E-state index in [1.54, 1.807) is 6.07 Å². The topological polar surface area (TPSA) is 114 Å². The van der Waals surface area contributed by atoms with Crippen molar-refractivity contribution in [3.8, 4) is 6.07 Å². The van der Waals surface area contributed by atoms with Gasteiger partial charge in [-0.3, -0.25) is 19.6 Å². The molecule has 0 aliphatic heterocycles. The second-order valence-electron chi connectivity index (χ2n) is 4.89. The van der Waals surface area contributed by atoms with Gasteiger partial charge in [0.15, 0.2) is 0 Å². The number of rotatable bonds is 5. The lowest BCUT2D eigenvalue weighted by molar-refractivity contribution is -0.384. The smallest absolute Gasteiger partial charge is 0.283 e. The summed E-state index contributed by atoms with van der Waals surface area (Å²) in [7, 11) is 0. The lowest BCUT2D eigenvalue weighted by atomic mass is 10.1. The number of halogens is 3. The predicted octanol–water partition coefficient (Wildman–Crippen LogP) is 3.31. The number of alkyl halides is 2. The van der Waals surface area contributed by atoms with Crippen LogP contribution in [0.25, 0.3) is 0 Å². The van der Waals surface area contributed by atoms with Gasteiger partial charge in [-0.2, -0.15) is 10.4 Å². The Hall–Kier alpha value is -2.87. The Balaban J connectivity index is 2.20. The SMILES string of the molecule is Cc1c(Br)c(C(F)F)nn1CC(=O)Nc1ccc([N+](=O)[O-])cc1C#N. The maximum Gasteiger partial charge on any atom is 0.283 e. The highest BCUT2D eigenvalue weighted by Gasteiger charge is 2.21. The number of nitriles is 1. The highest BCUT2D eigenvalue weighted by atomic mass is 79.9. The van der Waals surface area contributed by atoms with Gasteiger partial charge < -0.3 is 5.32 Å². The Bertz CT molecular complexity index is 891. The number of carbonyl (C=O) groups is 1. The molecule has 1 aromatic heterocycles. The molecule has 1 N–H and O–H groups in total. The van der Waals surface area contributed by atoms with Gasteiger partial charge in [-0.1, -0.05) is 0 Å². The Morgan fingerprint density at radius 2 is 2.24 bits per heavy atom. The zero-order valence-corrected chi connectivity index (χ0v) is 14.2. The molecule has 25 heavy (non-hydrogen) atoms. The molecule has 8 nitrogen and oxygen atoms in total. The number of hydrogen-bond donors (Lipinski definition) is 1. The number of anilines is 1. The minimum atomic E-state index is -2.79. The first-order valence-electron chi connectivity index (χ1n) is 6.74. The summed E-state index contributed by atoms with van der Waals surface area (Å²) in [4.78, 5) is 22.1. The first kappa shape index (κ1) is 18.5. The fourth-order valence-electron chi connectivity index (χ4n) is 2.01. The van der Waals surface area contributed by atoms with Crippen molar-refractivity contribution in [1.29, 1.82) is 5.26 Å². The minimum absolute atomic E-state index is 0.0797. The molecule has 0 aliphatic carbocycles. The Kier molecular flexibility index (Phi) is 5.43. The average molecular weight is 414 g/mol. The second-order valence-corrected chi connectivity index (χ2v) is 5.68. The van der Waals surface area contributed by atoms with E-state index >= 15 is 0 Å². The van der Waals surface area contributed by atoms with Crippen molar-refractivity contribution in [2.24, 2.45) is 0 Å². The maximum absolute atomic E-state index is 12.8. The van der Waals surface area contributed by atoms with Crippen molar-refractivity contribution >= 4 is 33.2 Å². The molecule has 0 unspecified atom stereocenters. The van der Waals surface area contributed by atoms with Crippen molar-refractivity contribution in [2.45, 2.75) is 19.9 Å². The van der Waals surface area contributed by atoms with Crippen LogP contribution in [0, 0.1) is 28.4 Å². The largest absolute Gasteiger partial charge is 0.323 e. The third-order valence-electron chi connectivity index (χ3n) is 3.27. The summed E-state index contributed by atoms with van der Waals surface area (Å²) >= 11 is 3.00. The molecule has 0 bridgehead atoms. The van der Waals surface area contributed by atoms with E-state index in [1.165, 1.54) is 13.0 Å². The van der Waals surface area contributed by atoms with E-state index in [-0.39, 0.29) is 28.0 Å². The Labute approximate surface area is 148 Å². The highest BCUT2D eigenvalue weighted by molar-refractivity contribution is 9.10. The molecular formula is C14H10BrF2N5O3. The van der Waals surface area contributed by atoms with Crippen LogP contribution < -0.4 is 5.32 Å². The van der Waals surface area contributed by atoms with E-state index in [1.807, 2.05) is 0 Å². The van der Waals surface area contributed by atoms with Gasteiger partial charge in [0.05, 0.1) is 26.3 Å². The number of nitrogens with one attached hydrogen (secondary N) is 1. The summed E-state index contributed by atoms with van der Waals surface area (Å²) in [5.41, 5.74) is -0.429. The fraction of sp³-hybridized carbons (Fsp3) is 0.214. The summed E-state index contributed by atoms with van der Waals surface area (Å²) in [5, 5.41) is 25.8. The Morgan fingerprint density at radius 3 is 2.76 bits per heavy atom. The molecule has 0 spiro atoms. The molecule has 1 amide bonds. The number of nitrogens with zero attached hydrogens (tertiary/aromatic N) is 4. The summed E-state index contributed by atoms with van der Waals surface area (Å²) in [6.45, 7) is 1.15. The molecule has 11 heteroatoms. The van der Waals surface area contributed by atoms with Crippen LogP contribution in [-0.2, 0) is 11.3 Å².